The number of hydrogen-bond donors (Lipinski definition) is 1. The van der Waals surface area contributed by atoms with Crippen LogP contribution in [0.1, 0.15) is 0 Å². The summed E-state index contributed by atoms with van der Waals surface area (Å²) in [6, 6.07) is 14.8. The highest BCUT2D eigenvalue weighted by atomic mass is 14.7. The SMILES string of the molecule is c1ccc2c(c1)c[nH+]c1ccc3[nH]ccc3c12. The smallest absolute Gasteiger partial charge is 0.212 e. The Morgan fingerprint density at radius 1 is 0.882 bits per heavy atom. The molecule has 0 spiro atoms. The van der Waals surface area contributed by atoms with Crippen molar-refractivity contribution in [2.75, 3.05) is 0 Å². The third-order valence-electron chi connectivity index (χ3n) is 3.35. The molecule has 17 heavy (non-hydrogen) atoms. The Bertz CT molecular complexity index is 843. The molecular formula is C15H11N2+. The van der Waals surface area contributed by atoms with Crippen molar-refractivity contribution in [3.05, 3.63) is 54.9 Å². The van der Waals surface area contributed by atoms with Gasteiger partial charge in [0.1, 0.15) is 0 Å². The second kappa shape index (κ2) is 3.08. The Morgan fingerprint density at radius 3 is 2.82 bits per heavy atom. The maximum atomic E-state index is 3.36. The molecule has 2 heterocycles. The van der Waals surface area contributed by atoms with Gasteiger partial charge in [-0.2, -0.15) is 0 Å². The second-order valence-electron chi connectivity index (χ2n) is 4.30. The Kier molecular flexibility index (Phi) is 1.59. The lowest BCUT2D eigenvalue weighted by Gasteiger charge is -2.00. The fraction of sp³-hybridized carbons (Fsp3) is 0. The van der Waals surface area contributed by atoms with E-state index in [9.17, 15) is 0 Å². The molecule has 0 saturated carbocycles. The molecule has 0 fully saturated rings. The molecule has 2 aromatic heterocycles. The first-order valence-corrected chi connectivity index (χ1v) is 5.73. The highest BCUT2D eigenvalue weighted by Gasteiger charge is 2.09. The van der Waals surface area contributed by atoms with Crippen LogP contribution in [-0.2, 0) is 0 Å². The Hall–Kier alpha value is -2.35. The number of aromatic nitrogens is 2. The van der Waals surface area contributed by atoms with E-state index in [-0.39, 0.29) is 0 Å². The molecule has 0 amide bonds. The molecule has 0 aliphatic carbocycles. The zero-order valence-electron chi connectivity index (χ0n) is 9.20. The molecule has 2 N–H and O–H groups in total. The molecule has 0 radical (unpaired) electrons. The van der Waals surface area contributed by atoms with Gasteiger partial charge in [0.25, 0.3) is 0 Å². The van der Waals surface area contributed by atoms with Crippen molar-refractivity contribution in [3.63, 3.8) is 0 Å². The van der Waals surface area contributed by atoms with Crippen LogP contribution in [0.25, 0.3) is 32.6 Å². The first-order chi connectivity index (χ1) is 8.43. The minimum Gasteiger partial charge on any atom is -0.361 e. The summed E-state index contributed by atoms with van der Waals surface area (Å²) in [5.74, 6) is 0. The van der Waals surface area contributed by atoms with E-state index in [2.05, 4.69) is 58.6 Å². The lowest BCUT2D eigenvalue weighted by atomic mass is 10.0. The van der Waals surface area contributed by atoms with Crippen molar-refractivity contribution in [1.82, 2.24) is 4.98 Å². The third-order valence-corrected chi connectivity index (χ3v) is 3.35. The van der Waals surface area contributed by atoms with Crippen molar-refractivity contribution >= 4 is 32.6 Å². The second-order valence-corrected chi connectivity index (χ2v) is 4.30. The van der Waals surface area contributed by atoms with Crippen molar-refractivity contribution in [1.29, 1.82) is 0 Å². The lowest BCUT2D eigenvalue weighted by Crippen LogP contribution is -2.02. The van der Waals surface area contributed by atoms with Gasteiger partial charge in [0.2, 0.25) is 5.52 Å². The Labute approximate surface area is 97.9 Å². The monoisotopic (exact) mass is 219 g/mol. The summed E-state index contributed by atoms with van der Waals surface area (Å²) in [6.45, 7) is 0. The summed E-state index contributed by atoms with van der Waals surface area (Å²) in [5, 5.41) is 5.11. The first kappa shape index (κ1) is 8.76. The van der Waals surface area contributed by atoms with Crippen LogP contribution in [0.15, 0.2) is 54.9 Å². The van der Waals surface area contributed by atoms with Crippen molar-refractivity contribution in [2.24, 2.45) is 0 Å². The number of aromatic amines is 2. The minimum absolute atomic E-state index is 1.18. The summed E-state index contributed by atoms with van der Waals surface area (Å²) < 4.78 is 0. The van der Waals surface area contributed by atoms with Crippen molar-refractivity contribution in [2.45, 2.75) is 0 Å². The molecule has 0 saturated heterocycles. The average Bonchev–Trinajstić information content (AvgIpc) is 2.86. The fourth-order valence-corrected chi connectivity index (χ4v) is 2.55. The van der Waals surface area contributed by atoms with Gasteiger partial charge in [0, 0.05) is 33.9 Å². The van der Waals surface area contributed by atoms with Gasteiger partial charge < -0.3 is 4.98 Å². The van der Waals surface area contributed by atoms with Gasteiger partial charge in [0.15, 0.2) is 6.20 Å². The van der Waals surface area contributed by atoms with E-state index < -0.39 is 0 Å². The third kappa shape index (κ3) is 1.12. The first-order valence-electron chi connectivity index (χ1n) is 5.73. The van der Waals surface area contributed by atoms with Crippen LogP contribution in [0, 0.1) is 0 Å². The largest absolute Gasteiger partial charge is 0.361 e. The van der Waals surface area contributed by atoms with Crippen LogP contribution in [0.5, 0.6) is 0 Å². The van der Waals surface area contributed by atoms with Gasteiger partial charge in [-0.05, 0) is 18.2 Å². The number of benzene rings is 2. The molecule has 2 nitrogen and oxygen atoms in total. The number of H-pyrrole nitrogens is 2. The van der Waals surface area contributed by atoms with Gasteiger partial charge >= 0.3 is 0 Å². The highest BCUT2D eigenvalue weighted by molar-refractivity contribution is 6.17. The van der Waals surface area contributed by atoms with Gasteiger partial charge in [-0.1, -0.05) is 18.2 Å². The van der Waals surface area contributed by atoms with E-state index in [0.717, 1.165) is 0 Å². The van der Waals surface area contributed by atoms with E-state index in [1.807, 2.05) is 6.20 Å². The topological polar surface area (TPSA) is 29.9 Å². The fourth-order valence-electron chi connectivity index (χ4n) is 2.55. The van der Waals surface area contributed by atoms with Gasteiger partial charge in [-0.3, -0.25) is 0 Å². The maximum Gasteiger partial charge on any atom is 0.212 e. The van der Waals surface area contributed by atoms with Gasteiger partial charge in [-0.25, -0.2) is 4.98 Å². The highest BCUT2D eigenvalue weighted by Crippen LogP contribution is 2.28. The molecule has 2 aromatic carbocycles. The molecule has 0 bridgehead atoms. The van der Waals surface area contributed by atoms with Crippen LogP contribution in [0.4, 0.5) is 0 Å². The van der Waals surface area contributed by atoms with Crippen LogP contribution >= 0.6 is 0 Å². The standard InChI is InChI=1S/C15H10N2/c1-2-4-11-10(3-1)9-17-14-6-5-13-12(15(11)14)7-8-16-13/h1-9,16H/p+1. The average molecular weight is 219 g/mol. The van der Waals surface area contributed by atoms with E-state index >= 15 is 0 Å². The molecule has 2 heteroatoms. The molecule has 80 valence electrons. The van der Waals surface area contributed by atoms with Crippen LogP contribution < -0.4 is 4.98 Å². The zero-order chi connectivity index (χ0) is 11.2. The van der Waals surface area contributed by atoms with Gasteiger partial charge in [0.05, 0.1) is 5.39 Å². The number of fused-ring (bicyclic) bond motifs is 5. The summed E-state index contributed by atoms with van der Waals surface area (Å²) in [4.78, 5) is 6.62. The summed E-state index contributed by atoms with van der Waals surface area (Å²) >= 11 is 0. The van der Waals surface area contributed by atoms with Crippen LogP contribution in [0.3, 0.4) is 0 Å². The summed E-state index contributed by atoms with van der Waals surface area (Å²) in [7, 11) is 0. The molecule has 4 rings (SSSR count). The Morgan fingerprint density at radius 2 is 1.82 bits per heavy atom. The molecular weight excluding hydrogens is 208 g/mol. The molecule has 0 unspecified atom stereocenters. The van der Waals surface area contributed by atoms with Crippen molar-refractivity contribution in [3.8, 4) is 0 Å². The molecule has 0 aliphatic rings. The molecule has 0 aliphatic heterocycles. The number of hydrogen-bond acceptors (Lipinski definition) is 0. The predicted octanol–water partition coefficient (Wildman–Crippen LogP) is 3.29. The van der Waals surface area contributed by atoms with E-state index in [4.69, 9.17) is 0 Å². The van der Waals surface area contributed by atoms with Gasteiger partial charge in [-0.15, -0.1) is 0 Å². The lowest BCUT2D eigenvalue weighted by molar-refractivity contribution is -0.342. The number of pyridine rings is 1. The predicted molar refractivity (Wildman–Crippen MR) is 69.9 cm³/mol. The summed E-state index contributed by atoms with van der Waals surface area (Å²) in [5.41, 5.74) is 2.36. The summed E-state index contributed by atoms with van der Waals surface area (Å²) in [6.07, 6.45) is 4.06. The van der Waals surface area contributed by atoms with Crippen molar-refractivity contribution < 1.29 is 4.98 Å². The normalized spacial score (nSPS) is 11.5. The minimum atomic E-state index is 1.18. The van der Waals surface area contributed by atoms with Crippen LogP contribution in [0.2, 0.25) is 0 Å². The number of rotatable bonds is 0. The molecule has 0 atom stereocenters. The maximum absolute atomic E-state index is 3.36. The quantitative estimate of drug-likeness (QED) is 0.440. The van der Waals surface area contributed by atoms with E-state index in [0.29, 0.717) is 0 Å². The zero-order valence-corrected chi connectivity index (χ0v) is 9.20. The van der Waals surface area contributed by atoms with E-state index in [1.165, 1.54) is 32.6 Å². The van der Waals surface area contributed by atoms with Crippen LogP contribution in [-0.4, -0.2) is 4.98 Å². The molecule has 4 aromatic rings. The Balaban J connectivity index is 2.41. The van der Waals surface area contributed by atoms with E-state index in [1.54, 1.807) is 0 Å². The number of nitrogens with one attached hydrogen (secondary N) is 2.